The summed E-state index contributed by atoms with van der Waals surface area (Å²) in [6.07, 6.45) is 3.35. The minimum atomic E-state index is -0.165. The number of ether oxygens (including phenoxy) is 3. The second-order valence-electron chi connectivity index (χ2n) is 9.41. The molecule has 0 fully saturated rings. The molecule has 0 aliphatic rings. The lowest BCUT2D eigenvalue weighted by Crippen LogP contribution is -2.20. The first-order valence-electron chi connectivity index (χ1n) is 10.1. The van der Waals surface area contributed by atoms with Crippen LogP contribution in [0.15, 0.2) is 36.4 Å². The number of rotatable bonds is 6. The van der Waals surface area contributed by atoms with E-state index in [0.29, 0.717) is 17.1 Å². The molecule has 0 atom stereocenters. The van der Waals surface area contributed by atoms with Gasteiger partial charge in [0.15, 0.2) is 5.78 Å². The molecule has 0 spiro atoms. The Morgan fingerprint density at radius 2 is 1.37 bits per heavy atom. The molecule has 162 valence electrons. The van der Waals surface area contributed by atoms with Gasteiger partial charge in [-0.15, -0.1) is 0 Å². The molecule has 0 radical (unpaired) electrons. The molecule has 0 amide bonds. The van der Waals surface area contributed by atoms with Crippen molar-refractivity contribution < 1.29 is 19.0 Å². The third kappa shape index (κ3) is 5.24. The predicted octanol–water partition coefficient (Wildman–Crippen LogP) is 6.20. The summed E-state index contributed by atoms with van der Waals surface area (Å²) in [6, 6.07) is 9.39. The quantitative estimate of drug-likeness (QED) is 0.420. The number of methoxy groups -OCH3 is 3. The van der Waals surface area contributed by atoms with E-state index in [1.807, 2.05) is 30.3 Å². The molecule has 0 aliphatic heterocycles. The predicted molar refractivity (Wildman–Crippen MR) is 123 cm³/mol. The molecule has 0 aromatic heterocycles. The number of hydrogen-bond donors (Lipinski definition) is 0. The maximum Gasteiger partial charge on any atom is 0.185 e. The van der Waals surface area contributed by atoms with Crippen molar-refractivity contribution in [1.82, 2.24) is 0 Å². The Balaban J connectivity index is 2.56. The largest absolute Gasteiger partial charge is 0.497 e. The fraction of sp³-hybridized carbons (Fsp3) is 0.423. The molecule has 2 aromatic rings. The minimum absolute atomic E-state index is 0.0708. The summed E-state index contributed by atoms with van der Waals surface area (Å²) >= 11 is 0. The van der Waals surface area contributed by atoms with Crippen molar-refractivity contribution in [3.63, 3.8) is 0 Å². The lowest BCUT2D eigenvalue weighted by atomic mass is 9.78. The van der Waals surface area contributed by atoms with E-state index in [1.54, 1.807) is 33.5 Å². The third-order valence-electron chi connectivity index (χ3n) is 5.04. The first-order valence-corrected chi connectivity index (χ1v) is 10.1. The highest BCUT2D eigenvalue weighted by atomic mass is 16.5. The molecular formula is C26H34O4. The van der Waals surface area contributed by atoms with E-state index in [2.05, 4.69) is 41.5 Å². The van der Waals surface area contributed by atoms with Crippen LogP contribution < -0.4 is 14.2 Å². The second kappa shape index (κ2) is 8.95. The number of hydrogen-bond acceptors (Lipinski definition) is 4. The molecule has 0 N–H and O–H groups in total. The summed E-state index contributed by atoms with van der Waals surface area (Å²) in [6.45, 7) is 12.8. The number of ketones is 1. The van der Waals surface area contributed by atoms with Gasteiger partial charge in [0, 0.05) is 22.3 Å². The molecule has 0 unspecified atom stereocenters. The van der Waals surface area contributed by atoms with Crippen LogP contribution in [0, 0.1) is 0 Å². The van der Waals surface area contributed by atoms with Gasteiger partial charge in [-0.3, -0.25) is 4.79 Å². The van der Waals surface area contributed by atoms with Gasteiger partial charge in [0.25, 0.3) is 0 Å². The smallest absolute Gasteiger partial charge is 0.185 e. The Hall–Kier alpha value is -2.75. The molecule has 0 saturated carbocycles. The highest BCUT2D eigenvalue weighted by molar-refractivity contribution is 6.07. The molecule has 0 heterocycles. The van der Waals surface area contributed by atoms with Crippen molar-refractivity contribution in [2.24, 2.45) is 0 Å². The highest BCUT2D eigenvalue weighted by Crippen LogP contribution is 2.40. The number of carbonyl (C=O) groups is 1. The molecule has 2 aromatic carbocycles. The fourth-order valence-corrected chi connectivity index (χ4v) is 3.34. The SMILES string of the molecule is COc1ccc(OC)c(C=CC(=O)c2cc(C(C)(C)C)c(OC)c(C(C)(C)C)c2)c1. The van der Waals surface area contributed by atoms with Crippen LogP contribution in [0.2, 0.25) is 0 Å². The van der Waals surface area contributed by atoms with Crippen molar-refractivity contribution in [1.29, 1.82) is 0 Å². The highest BCUT2D eigenvalue weighted by Gasteiger charge is 2.28. The fourth-order valence-electron chi connectivity index (χ4n) is 3.34. The molecule has 0 aliphatic carbocycles. The maximum absolute atomic E-state index is 13.1. The third-order valence-corrected chi connectivity index (χ3v) is 5.04. The molecule has 4 nitrogen and oxygen atoms in total. The molecule has 2 rings (SSSR count). The Bertz CT molecular complexity index is 905. The molecular weight excluding hydrogens is 376 g/mol. The number of allylic oxidation sites excluding steroid dienone is 1. The van der Waals surface area contributed by atoms with Crippen LogP contribution in [0.3, 0.4) is 0 Å². The van der Waals surface area contributed by atoms with Gasteiger partial charge in [0.1, 0.15) is 17.2 Å². The standard InChI is InChI=1S/C26H34O4/c1-25(2,3)20-15-18(16-21(24(20)30-9)26(4,5)6)22(27)12-10-17-14-19(28-7)11-13-23(17)29-8/h10-16H,1-9H3. The molecule has 0 bridgehead atoms. The molecule has 0 saturated heterocycles. The number of benzene rings is 2. The summed E-state index contributed by atoms with van der Waals surface area (Å²) < 4.78 is 16.5. The van der Waals surface area contributed by atoms with Crippen molar-refractivity contribution in [2.45, 2.75) is 52.4 Å². The van der Waals surface area contributed by atoms with Crippen LogP contribution in [0.1, 0.15) is 68.6 Å². The van der Waals surface area contributed by atoms with Gasteiger partial charge >= 0.3 is 0 Å². The Morgan fingerprint density at radius 3 is 1.80 bits per heavy atom. The monoisotopic (exact) mass is 410 g/mol. The van der Waals surface area contributed by atoms with Gasteiger partial charge in [0.2, 0.25) is 0 Å². The van der Waals surface area contributed by atoms with Gasteiger partial charge in [-0.1, -0.05) is 41.5 Å². The summed E-state index contributed by atoms with van der Waals surface area (Å²) in [4.78, 5) is 13.1. The van der Waals surface area contributed by atoms with Crippen molar-refractivity contribution in [3.05, 3.63) is 58.7 Å². The number of carbonyl (C=O) groups excluding carboxylic acids is 1. The van der Waals surface area contributed by atoms with Crippen LogP contribution in [0.5, 0.6) is 17.2 Å². The van der Waals surface area contributed by atoms with E-state index in [-0.39, 0.29) is 16.6 Å². The van der Waals surface area contributed by atoms with E-state index in [0.717, 1.165) is 22.4 Å². The summed E-state index contributed by atoms with van der Waals surface area (Å²) in [5.74, 6) is 2.17. The molecule has 30 heavy (non-hydrogen) atoms. The lowest BCUT2D eigenvalue weighted by Gasteiger charge is -2.29. The van der Waals surface area contributed by atoms with Gasteiger partial charge in [0.05, 0.1) is 21.3 Å². The van der Waals surface area contributed by atoms with Crippen LogP contribution in [0.25, 0.3) is 6.08 Å². The van der Waals surface area contributed by atoms with E-state index in [1.165, 1.54) is 0 Å². The zero-order valence-corrected chi connectivity index (χ0v) is 19.7. The second-order valence-corrected chi connectivity index (χ2v) is 9.41. The minimum Gasteiger partial charge on any atom is -0.497 e. The van der Waals surface area contributed by atoms with Crippen LogP contribution >= 0.6 is 0 Å². The average molecular weight is 411 g/mol. The lowest BCUT2D eigenvalue weighted by molar-refractivity contribution is 0.104. The average Bonchev–Trinajstić information content (AvgIpc) is 2.69. The Kier molecular flexibility index (Phi) is 7.02. The summed E-state index contributed by atoms with van der Waals surface area (Å²) in [5, 5.41) is 0. The van der Waals surface area contributed by atoms with Gasteiger partial charge in [-0.25, -0.2) is 0 Å². The van der Waals surface area contributed by atoms with Crippen molar-refractivity contribution in [3.8, 4) is 17.2 Å². The van der Waals surface area contributed by atoms with Crippen LogP contribution in [0.4, 0.5) is 0 Å². The van der Waals surface area contributed by atoms with Crippen molar-refractivity contribution in [2.75, 3.05) is 21.3 Å². The van der Waals surface area contributed by atoms with E-state index in [4.69, 9.17) is 14.2 Å². The zero-order chi connectivity index (χ0) is 22.7. The van der Waals surface area contributed by atoms with E-state index in [9.17, 15) is 4.79 Å². The maximum atomic E-state index is 13.1. The van der Waals surface area contributed by atoms with E-state index >= 15 is 0 Å². The van der Waals surface area contributed by atoms with E-state index < -0.39 is 0 Å². The first-order chi connectivity index (χ1) is 13.9. The van der Waals surface area contributed by atoms with Crippen LogP contribution in [-0.4, -0.2) is 27.1 Å². The van der Waals surface area contributed by atoms with Crippen LogP contribution in [-0.2, 0) is 10.8 Å². The zero-order valence-electron chi connectivity index (χ0n) is 19.7. The summed E-state index contributed by atoms with van der Waals surface area (Å²) in [5.41, 5.74) is 3.14. The topological polar surface area (TPSA) is 44.8 Å². The summed E-state index contributed by atoms with van der Waals surface area (Å²) in [7, 11) is 4.91. The van der Waals surface area contributed by atoms with Crippen molar-refractivity contribution >= 4 is 11.9 Å². The molecule has 4 heteroatoms. The normalized spacial score (nSPS) is 12.2. The first kappa shape index (κ1) is 23.5. The Morgan fingerprint density at radius 1 is 0.800 bits per heavy atom. The van der Waals surface area contributed by atoms with Gasteiger partial charge in [-0.2, -0.15) is 0 Å². The van der Waals surface area contributed by atoms with Gasteiger partial charge < -0.3 is 14.2 Å². The van der Waals surface area contributed by atoms with Gasteiger partial charge in [-0.05, 0) is 53.3 Å². The Labute approximate surface area is 180 Å².